The molecule has 94 valence electrons. The Balaban J connectivity index is 3.06. The molecule has 0 amide bonds. The summed E-state index contributed by atoms with van der Waals surface area (Å²) in [4.78, 5) is 9.71. The summed E-state index contributed by atoms with van der Waals surface area (Å²) in [5, 5.41) is 19.8. The van der Waals surface area contributed by atoms with Gasteiger partial charge in [0.25, 0.3) is 5.69 Å². The molecule has 0 saturated heterocycles. The molecule has 1 aromatic rings. The maximum Gasteiger partial charge on any atom is 0.301 e. The van der Waals surface area contributed by atoms with Gasteiger partial charge in [-0.2, -0.15) is 12.7 Å². The summed E-state index contributed by atoms with van der Waals surface area (Å²) < 4.78 is 25.9. The van der Waals surface area contributed by atoms with E-state index in [4.69, 9.17) is 0 Å². The molecule has 0 radical (unpaired) electrons. The van der Waals surface area contributed by atoms with E-state index in [1.54, 1.807) is 0 Å². The highest BCUT2D eigenvalue weighted by atomic mass is 32.2. The van der Waals surface area contributed by atoms with Crippen LogP contribution in [0.4, 0.5) is 11.4 Å². The van der Waals surface area contributed by atoms with Crippen LogP contribution in [0, 0.1) is 10.1 Å². The van der Waals surface area contributed by atoms with E-state index in [1.807, 2.05) is 0 Å². The lowest BCUT2D eigenvalue weighted by Gasteiger charge is -2.13. The third-order valence-corrected chi connectivity index (χ3v) is 3.35. The van der Waals surface area contributed by atoms with Gasteiger partial charge in [0.05, 0.1) is 16.7 Å². The second kappa shape index (κ2) is 4.55. The lowest BCUT2D eigenvalue weighted by Crippen LogP contribution is -2.28. The topological polar surface area (TPSA) is 113 Å². The Hall–Kier alpha value is -1.87. The number of anilines is 1. The van der Waals surface area contributed by atoms with Crippen molar-refractivity contribution in [2.45, 2.75) is 0 Å². The Morgan fingerprint density at radius 1 is 1.41 bits per heavy atom. The molecule has 0 atom stereocenters. The molecule has 0 spiro atoms. The van der Waals surface area contributed by atoms with Gasteiger partial charge in [-0.05, 0) is 6.07 Å². The molecule has 1 aromatic carbocycles. The van der Waals surface area contributed by atoms with E-state index in [0.29, 0.717) is 0 Å². The van der Waals surface area contributed by atoms with Gasteiger partial charge < -0.3 is 5.11 Å². The van der Waals surface area contributed by atoms with Gasteiger partial charge in [-0.3, -0.25) is 14.8 Å². The van der Waals surface area contributed by atoms with E-state index in [0.717, 1.165) is 22.5 Å². The van der Waals surface area contributed by atoms with Gasteiger partial charge >= 0.3 is 10.2 Å². The molecule has 0 unspecified atom stereocenters. The molecule has 2 N–H and O–H groups in total. The first kappa shape index (κ1) is 13.2. The molecule has 0 aromatic heterocycles. The maximum absolute atomic E-state index is 11.4. The first-order chi connectivity index (χ1) is 7.74. The fourth-order valence-electron chi connectivity index (χ4n) is 0.950. The molecular formula is C8H11N3O5S. The molecule has 0 fully saturated rings. The number of nitro benzene ring substituents is 1. The second-order valence-corrected chi connectivity index (χ2v) is 5.23. The predicted molar refractivity (Wildman–Crippen MR) is 61.0 cm³/mol. The Morgan fingerprint density at radius 3 is 2.41 bits per heavy atom. The lowest BCUT2D eigenvalue weighted by molar-refractivity contribution is -0.384. The van der Waals surface area contributed by atoms with E-state index < -0.39 is 20.9 Å². The third kappa shape index (κ3) is 3.04. The van der Waals surface area contributed by atoms with E-state index in [9.17, 15) is 23.6 Å². The number of benzene rings is 1. The second-order valence-electron chi connectivity index (χ2n) is 3.35. The van der Waals surface area contributed by atoms with Gasteiger partial charge in [0, 0.05) is 20.2 Å². The molecule has 0 aliphatic rings. The summed E-state index contributed by atoms with van der Waals surface area (Å²) in [7, 11) is -1.13. The van der Waals surface area contributed by atoms with Crippen LogP contribution in [0.25, 0.3) is 0 Å². The average Bonchev–Trinajstić information content (AvgIpc) is 2.20. The van der Waals surface area contributed by atoms with Gasteiger partial charge in [0.15, 0.2) is 0 Å². The number of hydrogen-bond acceptors (Lipinski definition) is 5. The Kier molecular flexibility index (Phi) is 3.53. The monoisotopic (exact) mass is 261 g/mol. The summed E-state index contributed by atoms with van der Waals surface area (Å²) in [6, 6.07) is 3.08. The van der Waals surface area contributed by atoms with Crippen molar-refractivity contribution in [3.05, 3.63) is 28.3 Å². The Labute approximate surface area is 97.8 Å². The van der Waals surface area contributed by atoms with Crippen LogP contribution in [-0.4, -0.2) is 36.8 Å². The maximum atomic E-state index is 11.4. The van der Waals surface area contributed by atoms with E-state index in [1.165, 1.54) is 14.1 Å². The van der Waals surface area contributed by atoms with Gasteiger partial charge in [0.2, 0.25) is 0 Å². The van der Waals surface area contributed by atoms with Crippen molar-refractivity contribution in [1.29, 1.82) is 0 Å². The molecule has 9 heteroatoms. The van der Waals surface area contributed by atoms with Crippen LogP contribution in [0.1, 0.15) is 0 Å². The van der Waals surface area contributed by atoms with Crippen LogP contribution in [0.5, 0.6) is 5.75 Å². The Bertz CT molecular complexity index is 540. The number of phenolic OH excluding ortho intramolecular Hbond substituents is 1. The first-order valence-corrected chi connectivity index (χ1v) is 5.85. The number of nitrogens with one attached hydrogen (secondary N) is 1. The minimum atomic E-state index is -3.75. The number of phenols is 1. The van der Waals surface area contributed by atoms with Crippen molar-refractivity contribution < 1.29 is 18.4 Å². The summed E-state index contributed by atoms with van der Waals surface area (Å²) in [5.41, 5.74) is -0.445. The van der Waals surface area contributed by atoms with E-state index in [-0.39, 0.29) is 11.4 Å². The van der Waals surface area contributed by atoms with Gasteiger partial charge in [-0.25, -0.2) is 0 Å². The summed E-state index contributed by atoms with van der Waals surface area (Å²) in [6.07, 6.45) is 0. The number of hydrogen-bond donors (Lipinski definition) is 2. The summed E-state index contributed by atoms with van der Waals surface area (Å²) >= 11 is 0. The first-order valence-electron chi connectivity index (χ1n) is 4.41. The fraction of sp³-hybridized carbons (Fsp3) is 0.250. The number of nitrogens with zero attached hydrogens (tertiary/aromatic N) is 2. The van der Waals surface area contributed by atoms with Crippen LogP contribution in [0.2, 0.25) is 0 Å². The smallest absolute Gasteiger partial charge is 0.301 e. The summed E-state index contributed by atoms with van der Waals surface area (Å²) in [6.45, 7) is 0. The molecule has 0 bridgehead atoms. The molecule has 0 aliphatic heterocycles. The fourth-order valence-corrected chi connectivity index (χ4v) is 1.58. The molecule has 0 heterocycles. The SMILES string of the molecule is CN(C)S(=O)(=O)Nc1ccc([N+](=O)[O-])cc1O. The van der Waals surface area contributed by atoms with Crippen molar-refractivity contribution in [3.8, 4) is 5.75 Å². The highest BCUT2D eigenvalue weighted by molar-refractivity contribution is 7.90. The van der Waals surface area contributed by atoms with E-state index in [2.05, 4.69) is 4.72 Å². The van der Waals surface area contributed by atoms with Crippen molar-refractivity contribution in [2.75, 3.05) is 18.8 Å². The van der Waals surface area contributed by atoms with E-state index >= 15 is 0 Å². The standard InChI is InChI=1S/C8H11N3O5S/c1-10(2)17(15,16)9-7-4-3-6(11(13)14)5-8(7)12/h3-5,9,12H,1-2H3. The Morgan fingerprint density at radius 2 is 2.00 bits per heavy atom. The lowest BCUT2D eigenvalue weighted by atomic mass is 10.3. The highest BCUT2D eigenvalue weighted by Crippen LogP contribution is 2.28. The van der Waals surface area contributed by atoms with Gasteiger partial charge in [0.1, 0.15) is 5.75 Å². The highest BCUT2D eigenvalue weighted by Gasteiger charge is 2.17. The quantitative estimate of drug-likeness (QED) is 0.466. The van der Waals surface area contributed by atoms with Crippen molar-refractivity contribution >= 4 is 21.6 Å². The zero-order chi connectivity index (χ0) is 13.2. The van der Waals surface area contributed by atoms with Crippen LogP contribution in [0.15, 0.2) is 18.2 Å². The van der Waals surface area contributed by atoms with Gasteiger partial charge in [-0.15, -0.1) is 0 Å². The number of nitro groups is 1. The van der Waals surface area contributed by atoms with Crippen LogP contribution < -0.4 is 4.72 Å². The zero-order valence-corrected chi connectivity index (χ0v) is 9.93. The minimum absolute atomic E-state index is 0.121. The molecule has 1 rings (SSSR count). The summed E-state index contributed by atoms with van der Waals surface area (Å²) in [5.74, 6) is -0.510. The van der Waals surface area contributed by atoms with Crippen LogP contribution >= 0.6 is 0 Å². The molecule has 0 aliphatic carbocycles. The molecule has 0 saturated carbocycles. The molecule has 8 nitrogen and oxygen atoms in total. The normalized spacial score (nSPS) is 11.5. The number of non-ortho nitro benzene ring substituents is 1. The largest absolute Gasteiger partial charge is 0.505 e. The van der Waals surface area contributed by atoms with Crippen molar-refractivity contribution in [1.82, 2.24) is 4.31 Å². The van der Waals surface area contributed by atoms with Crippen LogP contribution in [-0.2, 0) is 10.2 Å². The zero-order valence-electron chi connectivity index (χ0n) is 9.11. The number of aromatic hydroxyl groups is 1. The van der Waals surface area contributed by atoms with Gasteiger partial charge in [-0.1, -0.05) is 0 Å². The predicted octanol–water partition coefficient (Wildman–Crippen LogP) is 0.519. The average molecular weight is 261 g/mol. The van der Waals surface area contributed by atoms with Crippen LogP contribution in [0.3, 0.4) is 0 Å². The van der Waals surface area contributed by atoms with Crippen molar-refractivity contribution in [2.24, 2.45) is 0 Å². The van der Waals surface area contributed by atoms with Crippen molar-refractivity contribution in [3.63, 3.8) is 0 Å². The molecule has 17 heavy (non-hydrogen) atoms. The minimum Gasteiger partial charge on any atom is -0.505 e. The number of rotatable bonds is 4. The molecular weight excluding hydrogens is 250 g/mol. The third-order valence-electron chi connectivity index (χ3n) is 1.91.